The molecule has 2 aromatic heterocycles. The molecule has 0 fully saturated rings. The molecule has 150 valence electrons. The van der Waals surface area contributed by atoms with Crippen LogP contribution >= 0.6 is 0 Å². The maximum Gasteiger partial charge on any atom is 0.271 e. The number of benzene rings is 1. The van der Waals surface area contributed by atoms with Gasteiger partial charge in [-0.25, -0.2) is 9.97 Å². The molecule has 29 heavy (non-hydrogen) atoms. The fourth-order valence-electron chi connectivity index (χ4n) is 2.68. The second kappa shape index (κ2) is 10.0. The van der Waals surface area contributed by atoms with Gasteiger partial charge in [-0.3, -0.25) is 9.78 Å². The summed E-state index contributed by atoms with van der Waals surface area (Å²) in [4.78, 5) is 24.6. The van der Waals surface area contributed by atoms with Crippen LogP contribution in [0.5, 0.6) is 11.5 Å². The number of pyridine rings is 1. The lowest BCUT2D eigenvalue weighted by molar-refractivity contribution is 0.0945. The standard InChI is InChI=1S/C21H23N5O3/c1-28-18-4-3-15(11-19(18)29-2)7-10-23-20-14-24-17(13-25-20)21(27)26-12-16-5-8-22-9-6-16/h3-6,8-9,11,13-14H,7,10,12H2,1-2H3,(H,23,25)(H,26,27). The van der Waals surface area contributed by atoms with Gasteiger partial charge in [0, 0.05) is 25.5 Å². The Morgan fingerprint density at radius 2 is 1.76 bits per heavy atom. The van der Waals surface area contributed by atoms with Gasteiger partial charge >= 0.3 is 0 Å². The van der Waals surface area contributed by atoms with Crippen LogP contribution in [-0.2, 0) is 13.0 Å². The van der Waals surface area contributed by atoms with Crippen LogP contribution in [0.1, 0.15) is 21.6 Å². The number of anilines is 1. The van der Waals surface area contributed by atoms with Crippen molar-refractivity contribution < 1.29 is 14.3 Å². The summed E-state index contributed by atoms with van der Waals surface area (Å²) >= 11 is 0. The van der Waals surface area contributed by atoms with Crippen molar-refractivity contribution in [1.29, 1.82) is 0 Å². The van der Waals surface area contributed by atoms with E-state index in [4.69, 9.17) is 9.47 Å². The van der Waals surface area contributed by atoms with Crippen molar-refractivity contribution in [2.75, 3.05) is 26.1 Å². The fourth-order valence-corrected chi connectivity index (χ4v) is 2.68. The van der Waals surface area contributed by atoms with E-state index in [0.717, 1.165) is 17.5 Å². The molecule has 0 atom stereocenters. The molecule has 8 nitrogen and oxygen atoms in total. The number of carbonyl (C=O) groups is 1. The summed E-state index contributed by atoms with van der Waals surface area (Å²) in [5, 5.41) is 6.01. The lowest BCUT2D eigenvalue weighted by Gasteiger charge is -2.10. The Balaban J connectivity index is 1.48. The Hall–Kier alpha value is -3.68. The van der Waals surface area contributed by atoms with Crippen LogP contribution in [-0.4, -0.2) is 41.6 Å². The van der Waals surface area contributed by atoms with Gasteiger partial charge in [-0.15, -0.1) is 0 Å². The quantitative estimate of drug-likeness (QED) is 0.576. The molecule has 1 aromatic carbocycles. The van der Waals surface area contributed by atoms with Crippen LogP contribution in [0.25, 0.3) is 0 Å². The smallest absolute Gasteiger partial charge is 0.271 e. The van der Waals surface area contributed by atoms with Crippen molar-refractivity contribution in [3.63, 3.8) is 0 Å². The van der Waals surface area contributed by atoms with Crippen molar-refractivity contribution in [2.24, 2.45) is 0 Å². The maximum absolute atomic E-state index is 12.2. The molecule has 0 radical (unpaired) electrons. The topological polar surface area (TPSA) is 98.3 Å². The molecule has 2 N–H and O–H groups in total. The molecule has 2 heterocycles. The highest BCUT2D eigenvalue weighted by Gasteiger charge is 2.08. The predicted octanol–water partition coefficient (Wildman–Crippen LogP) is 2.47. The average molecular weight is 393 g/mol. The highest BCUT2D eigenvalue weighted by Crippen LogP contribution is 2.27. The largest absolute Gasteiger partial charge is 0.493 e. The van der Waals surface area contributed by atoms with Gasteiger partial charge in [-0.1, -0.05) is 6.07 Å². The summed E-state index contributed by atoms with van der Waals surface area (Å²) in [6.45, 7) is 1.08. The molecule has 0 aliphatic carbocycles. The number of nitrogens with zero attached hydrogens (tertiary/aromatic N) is 3. The van der Waals surface area contributed by atoms with Gasteiger partial charge in [-0.2, -0.15) is 0 Å². The second-order valence-electron chi connectivity index (χ2n) is 6.19. The lowest BCUT2D eigenvalue weighted by atomic mass is 10.1. The Bertz CT molecular complexity index is 933. The van der Waals surface area contributed by atoms with E-state index >= 15 is 0 Å². The van der Waals surface area contributed by atoms with Gasteiger partial charge in [0.2, 0.25) is 0 Å². The molecule has 0 aliphatic heterocycles. The van der Waals surface area contributed by atoms with Crippen LogP contribution in [0, 0.1) is 0 Å². The molecule has 0 spiro atoms. The van der Waals surface area contributed by atoms with E-state index in [1.807, 2.05) is 30.3 Å². The Morgan fingerprint density at radius 1 is 0.966 bits per heavy atom. The molecule has 0 aliphatic rings. The first-order valence-corrected chi connectivity index (χ1v) is 9.13. The molecule has 0 saturated carbocycles. The summed E-state index contributed by atoms with van der Waals surface area (Å²) in [7, 11) is 3.23. The van der Waals surface area contributed by atoms with E-state index in [1.54, 1.807) is 32.8 Å². The zero-order valence-electron chi connectivity index (χ0n) is 16.4. The zero-order valence-corrected chi connectivity index (χ0v) is 16.4. The first-order chi connectivity index (χ1) is 14.2. The molecule has 0 saturated heterocycles. The SMILES string of the molecule is COc1ccc(CCNc2cnc(C(=O)NCc3ccncc3)cn2)cc1OC. The minimum absolute atomic E-state index is 0.268. The number of methoxy groups -OCH3 is 2. The van der Waals surface area contributed by atoms with Gasteiger partial charge < -0.3 is 20.1 Å². The number of ether oxygens (including phenoxy) is 2. The van der Waals surface area contributed by atoms with E-state index in [2.05, 4.69) is 25.6 Å². The second-order valence-corrected chi connectivity index (χ2v) is 6.19. The van der Waals surface area contributed by atoms with Crippen molar-refractivity contribution in [3.05, 3.63) is 71.9 Å². The molecule has 1 amide bonds. The fraction of sp³-hybridized carbons (Fsp3) is 0.238. The minimum Gasteiger partial charge on any atom is -0.493 e. The molecule has 0 unspecified atom stereocenters. The molecular weight excluding hydrogens is 370 g/mol. The third-order valence-corrected chi connectivity index (χ3v) is 4.25. The third-order valence-electron chi connectivity index (χ3n) is 4.25. The van der Waals surface area contributed by atoms with Crippen LogP contribution in [0.2, 0.25) is 0 Å². The van der Waals surface area contributed by atoms with E-state index in [-0.39, 0.29) is 11.6 Å². The summed E-state index contributed by atoms with van der Waals surface area (Å²) < 4.78 is 10.6. The van der Waals surface area contributed by atoms with E-state index in [0.29, 0.717) is 30.4 Å². The van der Waals surface area contributed by atoms with Gasteiger partial charge in [0.05, 0.1) is 26.6 Å². The highest BCUT2D eigenvalue weighted by atomic mass is 16.5. The Morgan fingerprint density at radius 3 is 2.45 bits per heavy atom. The predicted molar refractivity (Wildman–Crippen MR) is 109 cm³/mol. The number of carbonyl (C=O) groups excluding carboxylic acids is 1. The van der Waals surface area contributed by atoms with Crippen molar-refractivity contribution in [2.45, 2.75) is 13.0 Å². The third kappa shape index (κ3) is 5.65. The normalized spacial score (nSPS) is 10.3. The first kappa shape index (κ1) is 20.1. The zero-order chi connectivity index (χ0) is 20.5. The van der Waals surface area contributed by atoms with Crippen molar-refractivity contribution >= 4 is 11.7 Å². The van der Waals surface area contributed by atoms with E-state index in [1.165, 1.54) is 6.20 Å². The van der Waals surface area contributed by atoms with Gasteiger partial charge in [0.1, 0.15) is 11.5 Å². The summed E-state index contributed by atoms with van der Waals surface area (Å²) in [6, 6.07) is 9.51. The highest BCUT2D eigenvalue weighted by molar-refractivity contribution is 5.91. The molecular formula is C21H23N5O3. The number of rotatable bonds is 9. The van der Waals surface area contributed by atoms with Crippen molar-refractivity contribution in [3.8, 4) is 11.5 Å². The lowest BCUT2D eigenvalue weighted by Crippen LogP contribution is -2.24. The average Bonchev–Trinajstić information content (AvgIpc) is 2.78. The number of aromatic nitrogens is 3. The molecule has 3 rings (SSSR count). The van der Waals surface area contributed by atoms with Gasteiger partial charge in [-0.05, 0) is 41.8 Å². The van der Waals surface area contributed by atoms with Crippen LogP contribution in [0.3, 0.4) is 0 Å². The monoisotopic (exact) mass is 393 g/mol. The van der Waals surface area contributed by atoms with Crippen molar-refractivity contribution in [1.82, 2.24) is 20.3 Å². The Kier molecular flexibility index (Phi) is 6.94. The van der Waals surface area contributed by atoms with Gasteiger partial charge in [0.15, 0.2) is 11.5 Å². The summed E-state index contributed by atoms with van der Waals surface area (Å²) in [5.74, 6) is 1.74. The number of amides is 1. The first-order valence-electron chi connectivity index (χ1n) is 9.13. The van der Waals surface area contributed by atoms with E-state index in [9.17, 15) is 4.79 Å². The van der Waals surface area contributed by atoms with Gasteiger partial charge in [0.25, 0.3) is 5.91 Å². The van der Waals surface area contributed by atoms with Crippen LogP contribution in [0.4, 0.5) is 5.82 Å². The summed E-state index contributed by atoms with van der Waals surface area (Å²) in [5.41, 5.74) is 2.34. The minimum atomic E-state index is -0.272. The molecule has 3 aromatic rings. The van der Waals surface area contributed by atoms with Crippen LogP contribution < -0.4 is 20.1 Å². The molecule has 0 bridgehead atoms. The molecule has 8 heteroatoms. The summed E-state index contributed by atoms with van der Waals surface area (Å²) in [6.07, 6.45) is 7.15. The maximum atomic E-state index is 12.2. The van der Waals surface area contributed by atoms with E-state index < -0.39 is 0 Å². The Labute approximate surface area is 169 Å². The van der Waals surface area contributed by atoms with Crippen LogP contribution in [0.15, 0.2) is 55.1 Å². The number of nitrogens with one attached hydrogen (secondary N) is 2. The number of hydrogen-bond acceptors (Lipinski definition) is 7. The number of hydrogen-bond donors (Lipinski definition) is 2.